The zero-order valence-corrected chi connectivity index (χ0v) is 26.2. The molecule has 7 nitrogen and oxygen atoms in total. The monoisotopic (exact) mass is 596 g/mol. The summed E-state index contributed by atoms with van der Waals surface area (Å²) < 4.78 is 26.7. The summed E-state index contributed by atoms with van der Waals surface area (Å²) in [6.45, 7) is 6.30. The van der Waals surface area contributed by atoms with Gasteiger partial charge in [-0.15, -0.1) is 0 Å². The van der Waals surface area contributed by atoms with Gasteiger partial charge in [-0.05, 0) is 80.9 Å². The fourth-order valence-electron chi connectivity index (χ4n) is 6.73. The van der Waals surface area contributed by atoms with Crippen LogP contribution in [0.15, 0.2) is 36.4 Å². The molecule has 2 aromatic carbocycles. The second kappa shape index (κ2) is 13.3. The smallest absolute Gasteiger partial charge is 0.235 e. The first-order valence-corrected chi connectivity index (χ1v) is 16.2. The molecule has 2 aromatic rings. The Kier molecular flexibility index (Phi) is 9.80. The summed E-state index contributed by atoms with van der Waals surface area (Å²) in [4.78, 5) is 28.3. The van der Waals surface area contributed by atoms with Crippen LogP contribution in [0, 0.1) is 11.7 Å². The topological polar surface area (TPSA) is 73.9 Å². The highest BCUT2D eigenvalue weighted by Gasteiger charge is 2.42. The Morgan fingerprint density at radius 3 is 2.57 bits per heavy atom. The Morgan fingerprint density at radius 2 is 1.90 bits per heavy atom. The highest BCUT2D eigenvalue weighted by molar-refractivity contribution is 7.95. The molecule has 1 saturated carbocycles. The lowest BCUT2D eigenvalue weighted by atomic mass is 9.76. The molecule has 3 fully saturated rings. The van der Waals surface area contributed by atoms with Crippen molar-refractivity contribution in [2.75, 3.05) is 33.7 Å². The predicted molar refractivity (Wildman–Crippen MR) is 167 cm³/mol. The van der Waals surface area contributed by atoms with Crippen LogP contribution in [-0.2, 0) is 16.0 Å². The van der Waals surface area contributed by atoms with Gasteiger partial charge in [0.15, 0.2) is 0 Å². The molecule has 0 radical (unpaired) electrons. The minimum absolute atomic E-state index is 0.00147. The fraction of sp³-hybridized carbons (Fsp3) is 0.576. The van der Waals surface area contributed by atoms with Crippen molar-refractivity contribution in [1.29, 1.82) is 0 Å². The van der Waals surface area contributed by atoms with Crippen molar-refractivity contribution in [3.05, 3.63) is 53.3 Å². The van der Waals surface area contributed by atoms with Gasteiger partial charge in [-0.3, -0.25) is 14.3 Å². The van der Waals surface area contributed by atoms with E-state index in [0.717, 1.165) is 73.7 Å². The zero-order valence-electron chi connectivity index (χ0n) is 25.4. The number of ether oxygens (including phenoxy) is 1. The van der Waals surface area contributed by atoms with E-state index >= 15 is 4.39 Å². The molecule has 0 bridgehead atoms. The first kappa shape index (κ1) is 30.8. The van der Waals surface area contributed by atoms with E-state index in [0.29, 0.717) is 18.8 Å². The van der Waals surface area contributed by atoms with Crippen molar-refractivity contribution in [2.24, 2.45) is 5.92 Å². The molecule has 42 heavy (non-hydrogen) atoms. The maximum atomic E-state index is 15.4. The van der Waals surface area contributed by atoms with Crippen molar-refractivity contribution in [2.45, 2.75) is 82.8 Å². The molecule has 2 atom stereocenters. The molecular weight excluding hydrogens is 551 g/mol. The molecule has 2 unspecified atom stereocenters. The number of halogens is 1. The van der Waals surface area contributed by atoms with Gasteiger partial charge in [0, 0.05) is 42.7 Å². The maximum Gasteiger partial charge on any atom is 0.235 e. The minimum Gasteiger partial charge on any atom is -0.488 e. The second-order valence-electron chi connectivity index (χ2n) is 12.3. The number of carbonyl (C=O) groups is 2. The Bertz CT molecular complexity index is 1280. The van der Waals surface area contributed by atoms with E-state index in [1.807, 2.05) is 47.6 Å². The van der Waals surface area contributed by atoms with E-state index < -0.39 is 0 Å². The standard InChI is InChI=1S/C33H45FN4O3S/c1-5-33(6-2)19-24(20-35-33)32(40)38-17-16-25(21-38)41-28-15-8-12-23(18-29(39)36-42-37(3)4)31(28)26-13-9-14-27(34)30(26)22-10-7-11-22/h8-9,12-15,22,24-25,35H,5-7,10-11,16-21H2,1-4H3,(H,36,39). The normalized spacial score (nSPS) is 21.9. The highest BCUT2D eigenvalue weighted by Crippen LogP contribution is 2.46. The molecule has 2 saturated heterocycles. The Morgan fingerprint density at radius 1 is 1.14 bits per heavy atom. The Labute approximate surface area is 254 Å². The molecule has 0 aromatic heterocycles. The van der Waals surface area contributed by atoms with Gasteiger partial charge in [-0.25, -0.2) is 8.70 Å². The van der Waals surface area contributed by atoms with Crippen LogP contribution in [0.2, 0.25) is 0 Å². The summed E-state index contributed by atoms with van der Waals surface area (Å²) >= 11 is 1.23. The number of nitrogens with zero attached hydrogens (tertiary/aromatic N) is 2. The lowest BCUT2D eigenvalue weighted by molar-refractivity contribution is -0.134. The Balaban J connectivity index is 1.39. The third-order valence-electron chi connectivity index (χ3n) is 9.45. The van der Waals surface area contributed by atoms with Crippen LogP contribution in [0.4, 0.5) is 4.39 Å². The number of carbonyl (C=O) groups excluding carboxylic acids is 2. The summed E-state index contributed by atoms with van der Waals surface area (Å²) in [5.41, 5.74) is 3.16. The van der Waals surface area contributed by atoms with Crippen LogP contribution in [0.5, 0.6) is 5.75 Å². The van der Waals surface area contributed by atoms with E-state index in [1.165, 1.54) is 18.2 Å². The lowest BCUT2D eigenvalue weighted by Gasteiger charge is -2.30. The SMILES string of the molecule is CCC1(CC)CC(C(=O)N2CCC(Oc3cccc(CC(=O)NSN(C)C)c3-c3cccc(F)c3C3CCC3)C2)CN1. The number of likely N-dealkylation sites (tertiary alicyclic amines) is 1. The van der Waals surface area contributed by atoms with Crippen LogP contribution in [-0.4, -0.2) is 66.4 Å². The molecule has 2 heterocycles. The molecule has 228 valence electrons. The predicted octanol–water partition coefficient (Wildman–Crippen LogP) is 5.69. The molecule has 1 aliphatic carbocycles. The molecule has 0 spiro atoms. The number of hydrogen-bond donors (Lipinski definition) is 2. The number of nitrogens with one attached hydrogen (secondary N) is 2. The molecule has 5 rings (SSSR count). The molecule has 2 N–H and O–H groups in total. The van der Waals surface area contributed by atoms with Crippen LogP contribution >= 0.6 is 12.1 Å². The van der Waals surface area contributed by atoms with Gasteiger partial charge in [0.2, 0.25) is 11.8 Å². The van der Waals surface area contributed by atoms with Crippen molar-refractivity contribution < 1.29 is 18.7 Å². The molecule has 2 amide bonds. The molecule has 2 aliphatic heterocycles. The van der Waals surface area contributed by atoms with Crippen LogP contribution in [0.25, 0.3) is 11.1 Å². The van der Waals surface area contributed by atoms with Gasteiger partial charge in [0.1, 0.15) is 17.7 Å². The lowest BCUT2D eigenvalue weighted by Crippen LogP contribution is -2.37. The van der Waals surface area contributed by atoms with Crippen molar-refractivity contribution >= 4 is 23.9 Å². The zero-order chi connectivity index (χ0) is 29.9. The molecule has 3 aliphatic rings. The minimum atomic E-state index is -0.205. The van der Waals surface area contributed by atoms with Crippen molar-refractivity contribution in [1.82, 2.24) is 19.2 Å². The number of benzene rings is 2. The summed E-state index contributed by atoms with van der Waals surface area (Å²) in [5.74, 6) is 0.676. The number of rotatable bonds is 11. The van der Waals surface area contributed by atoms with E-state index in [9.17, 15) is 9.59 Å². The fourth-order valence-corrected chi connectivity index (χ4v) is 7.08. The van der Waals surface area contributed by atoms with Crippen LogP contribution in [0.3, 0.4) is 0 Å². The maximum absolute atomic E-state index is 15.4. The van der Waals surface area contributed by atoms with Crippen molar-refractivity contribution in [3.63, 3.8) is 0 Å². The van der Waals surface area contributed by atoms with E-state index in [2.05, 4.69) is 23.9 Å². The van der Waals surface area contributed by atoms with Crippen LogP contribution < -0.4 is 14.8 Å². The third kappa shape index (κ3) is 6.63. The third-order valence-corrected chi connectivity index (χ3v) is 10.1. The van der Waals surface area contributed by atoms with Crippen molar-refractivity contribution in [3.8, 4) is 16.9 Å². The van der Waals surface area contributed by atoms with E-state index in [1.54, 1.807) is 6.07 Å². The van der Waals surface area contributed by atoms with Gasteiger partial charge >= 0.3 is 0 Å². The van der Waals surface area contributed by atoms with E-state index in [4.69, 9.17) is 4.74 Å². The first-order chi connectivity index (χ1) is 20.2. The van der Waals surface area contributed by atoms with E-state index in [-0.39, 0.29) is 47.5 Å². The summed E-state index contributed by atoms with van der Waals surface area (Å²) in [7, 11) is 3.73. The largest absolute Gasteiger partial charge is 0.488 e. The quantitative estimate of drug-likeness (QED) is 0.325. The summed E-state index contributed by atoms with van der Waals surface area (Å²) in [6.07, 6.45) is 6.64. The number of hydrogen-bond acceptors (Lipinski definition) is 6. The molecular formula is C33H45FN4O3S. The summed E-state index contributed by atoms with van der Waals surface area (Å²) in [5, 5.41) is 3.62. The summed E-state index contributed by atoms with van der Waals surface area (Å²) in [6, 6.07) is 11.0. The average Bonchev–Trinajstić information content (AvgIpc) is 3.60. The van der Waals surface area contributed by atoms with Gasteiger partial charge in [-0.2, -0.15) is 0 Å². The van der Waals surface area contributed by atoms with Gasteiger partial charge in [0.05, 0.1) is 18.9 Å². The highest BCUT2D eigenvalue weighted by atomic mass is 32.2. The second-order valence-corrected chi connectivity index (χ2v) is 13.4. The van der Waals surface area contributed by atoms with Gasteiger partial charge < -0.3 is 15.0 Å². The van der Waals surface area contributed by atoms with Gasteiger partial charge in [-0.1, -0.05) is 44.5 Å². The van der Waals surface area contributed by atoms with Crippen LogP contribution in [0.1, 0.15) is 75.8 Å². The van der Waals surface area contributed by atoms with Gasteiger partial charge in [0.25, 0.3) is 0 Å². The average molecular weight is 597 g/mol. The number of amides is 2. The Hall–Kier alpha value is -2.62. The molecule has 9 heteroatoms. The first-order valence-electron chi connectivity index (χ1n) is 15.5.